The van der Waals surface area contributed by atoms with E-state index in [1.807, 2.05) is 20.8 Å². The molecule has 2 aromatic rings. The number of fused-ring (bicyclic) bond motifs is 1. The molecule has 0 saturated carbocycles. The molecule has 2 rings (SSSR count). The Hall–Kier alpha value is -2.56. The maximum atomic E-state index is 11.9. The first-order chi connectivity index (χ1) is 12.3. The van der Waals surface area contributed by atoms with Gasteiger partial charge in [0.15, 0.2) is 5.96 Å². The Morgan fingerprint density at radius 3 is 2.38 bits per heavy atom. The molecule has 0 spiro atoms. The summed E-state index contributed by atoms with van der Waals surface area (Å²) in [6.45, 7) is 9.01. The molecule has 2 aromatic carbocycles. The monoisotopic (exact) mass is 354 g/mol. The van der Waals surface area contributed by atoms with Crippen molar-refractivity contribution in [1.82, 2.24) is 16.0 Å². The van der Waals surface area contributed by atoms with Crippen molar-refractivity contribution in [3.05, 3.63) is 48.0 Å². The maximum Gasteiger partial charge on any atom is 0.225 e. The topological polar surface area (TPSA) is 65.5 Å². The Morgan fingerprint density at radius 2 is 1.69 bits per heavy atom. The van der Waals surface area contributed by atoms with Crippen LogP contribution in [0.2, 0.25) is 0 Å². The number of benzene rings is 2. The van der Waals surface area contributed by atoms with Gasteiger partial charge in [-0.15, -0.1) is 0 Å². The van der Waals surface area contributed by atoms with Crippen molar-refractivity contribution >= 4 is 22.6 Å². The molecule has 0 aliphatic rings. The third-order valence-corrected chi connectivity index (χ3v) is 4.25. The predicted molar refractivity (Wildman–Crippen MR) is 109 cm³/mol. The summed E-state index contributed by atoms with van der Waals surface area (Å²) in [5.74, 6) is 0.766. The molecule has 0 aliphatic carbocycles. The van der Waals surface area contributed by atoms with E-state index < -0.39 is 0 Å². The molecule has 5 nitrogen and oxygen atoms in total. The minimum Gasteiger partial charge on any atom is -0.355 e. The third-order valence-electron chi connectivity index (χ3n) is 4.25. The summed E-state index contributed by atoms with van der Waals surface area (Å²) in [5, 5.41) is 12.1. The van der Waals surface area contributed by atoms with Crippen LogP contribution in [0.5, 0.6) is 0 Å². The summed E-state index contributed by atoms with van der Waals surface area (Å²) < 4.78 is 0. The lowest BCUT2D eigenvalue weighted by Crippen LogP contribution is -2.44. The molecule has 0 radical (unpaired) electrons. The van der Waals surface area contributed by atoms with Crippen LogP contribution in [0.1, 0.15) is 39.3 Å². The van der Waals surface area contributed by atoms with Gasteiger partial charge in [-0.3, -0.25) is 9.79 Å². The second kappa shape index (κ2) is 8.70. The highest BCUT2D eigenvalue weighted by Crippen LogP contribution is 2.23. The van der Waals surface area contributed by atoms with Crippen molar-refractivity contribution in [3.63, 3.8) is 0 Å². The van der Waals surface area contributed by atoms with E-state index >= 15 is 0 Å². The molecule has 26 heavy (non-hydrogen) atoms. The molecule has 0 saturated heterocycles. The molecule has 1 unspecified atom stereocenters. The van der Waals surface area contributed by atoms with Crippen molar-refractivity contribution in [3.8, 4) is 0 Å². The number of hydrogen-bond donors (Lipinski definition) is 3. The Kier molecular flexibility index (Phi) is 6.61. The van der Waals surface area contributed by atoms with Crippen LogP contribution >= 0.6 is 0 Å². The van der Waals surface area contributed by atoms with E-state index in [1.54, 1.807) is 7.05 Å². The summed E-state index contributed by atoms with van der Waals surface area (Å²) in [6, 6.07) is 14.8. The number of nitrogens with zero attached hydrogens (tertiary/aromatic N) is 1. The number of aliphatic imine (C=N–C) groups is 1. The van der Waals surface area contributed by atoms with Crippen molar-refractivity contribution in [2.45, 2.75) is 33.7 Å². The van der Waals surface area contributed by atoms with Crippen LogP contribution in [0.3, 0.4) is 0 Å². The van der Waals surface area contributed by atoms with E-state index in [9.17, 15) is 4.79 Å². The highest BCUT2D eigenvalue weighted by atomic mass is 16.2. The molecule has 1 atom stereocenters. The normalized spacial score (nSPS) is 13.3. The fourth-order valence-electron chi connectivity index (χ4n) is 2.73. The Labute approximate surface area is 156 Å². The van der Waals surface area contributed by atoms with Crippen LogP contribution in [0.4, 0.5) is 0 Å². The molecular weight excluding hydrogens is 324 g/mol. The van der Waals surface area contributed by atoms with Crippen LogP contribution in [-0.2, 0) is 4.79 Å². The summed E-state index contributed by atoms with van der Waals surface area (Å²) in [5.41, 5.74) is 0.857. The minimum absolute atomic E-state index is 0.0476. The molecule has 5 heteroatoms. The molecule has 1 amide bonds. The number of guanidine groups is 1. The summed E-state index contributed by atoms with van der Waals surface area (Å²) in [6.07, 6.45) is 0. The molecule has 0 heterocycles. The first-order valence-corrected chi connectivity index (χ1v) is 9.06. The van der Waals surface area contributed by atoms with Crippen molar-refractivity contribution in [1.29, 1.82) is 0 Å². The minimum atomic E-state index is -0.372. The average Bonchev–Trinajstić information content (AvgIpc) is 2.62. The fourth-order valence-corrected chi connectivity index (χ4v) is 2.73. The summed E-state index contributed by atoms with van der Waals surface area (Å²) >= 11 is 0. The Morgan fingerprint density at radius 1 is 1.04 bits per heavy atom. The number of carbonyl (C=O) groups is 1. The summed E-state index contributed by atoms with van der Waals surface area (Å²) in [4.78, 5) is 16.2. The van der Waals surface area contributed by atoms with Gasteiger partial charge in [0.25, 0.3) is 0 Å². The van der Waals surface area contributed by atoms with Crippen LogP contribution in [-0.4, -0.2) is 32.0 Å². The van der Waals surface area contributed by atoms with Crippen molar-refractivity contribution < 1.29 is 4.79 Å². The van der Waals surface area contributed by atoms with Gasteiger partial charge >= 0.3 is 0 Å². The molecule has 140 valence electrons. The SMILES string of the molecule is CN=C(NCCNC(=O)C(C)(C)C)NC(C)c1cccc2ccccc12. The van der Waals surface area contributed by atoms with Crippen LogP contribution < -0.4 is 16.0 Å². The van der Waals surface area contributed by atoms with E-state index in [0.717, 1.165) is 5.96 Å². The third kappa shape index (κ3) is 5.22. The first-order valence-electron chi connectivity index (χ1n) is 9.06. The van der Waals surface area contributed by atoms with Crippen LogP contribution in [0.15, 0.2) is 47.5 Å². The highest BCUT2D eigenvalue weighted by Gasteiger charge is 2.20. The predicted octanol–water partition coefficient (Wildman–Crippen LogP) is 3.23. The van der Waals surface area contributed by atoms with E-state index in [-0.39, 0.29) is 17.4 Å². The van der Waals surface area contributed by atoms with Gasteiger partial charge in [0.2, 0.25) is 5.91 Å². The van der Waals surface area contributed by atoms with Crippen molar-refractivity contribution in [2.75, 3.05) is 20.1 Å². The van der Waals surface area contributed by atoms with E-state index in [0.29, 0.717) is 13.1 Å². The molecule has 3 N–H and O–H groups in total. The molecule has 0 aliphatic heterocycles. The Bertz CT molecular complexity index is 772. The second-order valence-electron chi connectivity index (χ2n) is 7.44. The van der Waals surface area contributed by atoms with E-state index in [4.69, 9.17) is 0 Å². The number of rotatable bonds is 5. The zero-order valence-corrected chi connectivity index (χ0v) is 16.4. The van der Waals surface area contributed by atoms with Gasteiger partial charge in [-0.2, -0.15) is 0 Å². The standard InChI is InChI=1S/C21H30N4O/c1-15(17-12-8-10-16-9-6-7-11-18(16)17)25-20(22-5)24-14-13-23-19(26)21(2,3)4/h6-12,15H,13-14H2,1-5H3,(H,23,26)(H2,22,24,25). The zero-order chi connectivity index (χ0) is 19.2. The number of nitrogens with one attached hydrogen (secondary N) is 3. The molecule has 0 aromatic heterocycles. The highest BCUT2D eigenvalue weighted by molar-refractivity contribution is 5.87. The number of hydrogen-bond acceptors (Lipinski definition) is 2. The quantitative estimate of drug-likeness (QED) is 0.439. The largest absolute Gasteiger partial charge is 0.355 e. The molecular formula is C21H30N4O. The average molecular weight is 354 g/mol. The van der Waals surface area contributed by atoms with Gasteiger partial charge < -0.3 is 16.0 Å². The van der Waals surface area contributed by atoms with Gasteiger partial charge in [-0.1, -0.05) is 63.2 Å². The zero-order valence-electron chi connectivity index (χ0n) is 16.4. The lowest BCUT2D eigenvalue weighted by Gasteiger charge is -2.21. The van der Waals surface area contributed by atoms with Crippen molar-refractivity contribution in [2.24, 2.45) is 10.4 Å². The molecule has 0 bridgehead atoms. The fraction of sp³-hybridized carbons (Fsp3) is 0.429. The molecule has 0 fully saturated rings. The number of amides is 1. The smallest absolute Gasteiger partial charge is 0.225 e. The summed E-state index contributed by atoms with van der Waals surface area (Å²) in [7, 11) is 1.75. The van der Waals surface area contributed by atoms with Crippen LogP contribution in [0, 0.1) is 5.41 Å². The van der Waals surface area contributed by atoms with Gasteiger partial charge in [-0.25, -0.2) is 0 Å². The van der Waals surface area contributed by atoms with Crippen LogP contribution in [0.25, 0.3) is 10.8 Å². The first kappa shape index (κ1) is 19.8. The lowest BCUT2D eigenvalue weighted by atomic mass is 9.96. The maximum absolute atomic E-state index is 11.9. The van der Waals surface area contributed by atoms with E-state index in [1.165, 1.54) is 16.3 Å². The lowest BCUT2D eigenvalue weighted by molar-refractivity contribution is -0.128. The van der Waals surface area contributed by atoms with E-state index in [2.05, 4.69) is 70.3 Å². The number of carbonyl (C=O) groups excluding carboxylic acids is 1. The second-order valence-corrected chi connectivity index (χ2v) is 7.44. The van der Waals surface area contributed by atoms with Gasteiger partial charge in [0, 0.05) is 25.6 Å². The Balaban J connectivity index is 1.92. The van der Waals surface area contributed by atoms with Gasteiger partial charge in [-0.05, 0) is 23.3 Å². The van der Waals surface area contributed by atoms with Gasteiger partial charge in [0.1, 0.15) is 0 Å². The van der Waals surface area contributed by atoms with Gasteiger partial charge in [0.05, 0.1) is 6.04 Å².